The predicted molar refractivity (Wildman–Crippen MR) is 98.9 cm³/mol. The maximum atomic E-state index is 3.35. The molecule has 0 amide bonds. The Morgan fingerprint density at radius 3 is 1.90 bits per heavy atom. The summed E-state index contributed by atoms with van der Waals surface area (Å²) in [4.78, 5) is 0. The molecule has 0 unspecified atom stereocenters. The second-order valence-corrected chi connectivity index (χ2v) is 7.72. The van der Waals surface area contributed by atoms with E-state index in [-0.39, 0.29) is 0 Å². The molecule has 0 saturated heterocycles. The fourth-order valence-electron chi connectivity index (χ4n) is 2.52. The highest BCUT2D eigenvalue weighted by atomic mass is 32.2. The highest BCUT2D eigenvalue weighted by Crippen LogP contribution is 2.27. The van der Waals surface area contributed by atoms with Crippen LogP contribution < -0.4 is 0 Å². The van der Waals surface area contributed by atoms with E-state index in [2.05, 4.69) is 30.5 Å². The summed E-state index contributed by atoms with van der Waals surface area (Å²) in [5.74, 6) is 10.2. The molecule has 0 nitrogen and oxygen atoms in total. The molecular formula is C20H36S. The molecule has 1 rings (SSSR count). The van der Waals surface area contributed by atoms with Crippen LogP contribution in [0.15, 0.2) is 0 Å². The lowest BCUT2D eigenvalue weighted by Gasteiger charge is -2.02. The van der Waals surface area contributed by atoms with Gasteiger partial charge in [-0.25, -0.2) is 0 Å². The van der Waals surface area contributed by atoms with Crippen LogP contribution in [-0.4, -0.2) is 11.5 Å². The van der Waals surface area contributed by atoms with Crippen molar-refractivity contribution in [3.63, 3.8) is 0 Å². The van der Waals surface area contributed by atoms with E-state index in [4.69, 9.17) is 0 Å². The van der Waals surface area contributed by atoms with Gasteiger partial charge in [0.05, 0.1) is 0 Å². The molecule has 0 aromatic carbocycles. The van der Waals surface area contributed by atoms with E-state index in [1.165, 1.54) is 95.0 Å². The van der Waals surface area contributed by atoms with Gasteiger partial charge in [0.15, 0.2) is 0 Å². The number of rotatable bonds is 14. The van der Waals surface area contributed by atoms with Crippen LogP contribution in [0.2, 0.25) is 0 Å². The van der Waals surface area contributed by atoms with Crippen LogP contribution in [0.1, 0.15) is 96.8 Å². The van der Waals surface area contributed by atoms with E-state index >= 15 is 0 Å². The first kappa shape index (κ1) is 19.0. The molecule has 0 aliphatic heterocycles. The minimum Gasteiger partial charge on any atom is -0.162 e. The molecule has 21 heavy (non-hydrogen) atoms. The Bertz CT molecular complexity index is 269. The summed E-state index contributed by atoms with van der Waals surface area (Å²) in [7, 11) is 0. The summed E-state index contributed by atoms with van der Waals surface area (Å²) in [5, 5.41) is 0. The summed E-state index contributed by atoms with van der Waals surface area (Å²) < 4.78 is 0. The average molecular weight is 309 g/mol. The molecule has 0 N–H and O–H groups in total. The van der Waals surface area contributed by atoms with E-state index in [0.29, 0.717) is 0 Å². The Morgan fingerprint density at radius 1 is 0.762 bits per heavy atom. The molecule has 1 aliphatic rings. The summed E-state index contributed by atoms with van der Waals surface area (Å²) >= 11 is 2.13. The van der Waals surface area contributed by atoms with Crippen LogP contribution in [0.3, 0.4) is 0 Å². The van der Waals surface area contributed by atoms with Gasteiger partial charge in [0.2, 0.25) is 0 Å². The largest absolute Gasteiger partial charge is 0.162 e. The van der Waals surface area contributed by atoms with Gasteiger partial charge in [-0.05, 0) is 43.6 Å². The van der Waals surface area contributed by atoms with Gasteiger partial charge >= 0.3 is 0 Å². The van der Waals surface area contributed by atoms with Gasteiger partial charge in [0.1, 0.15) is 0 Å². The van der Waals surface area contributed by atoms with Crippen LogP contribution in [0.25, 0.3) is 0 Å². The lowest BCUT2D eigenvalue weighted by molar-refractivity contribution is 0.559. The fourth-order valence-corrected chi connectivity index (χ4v) is 3.42. The van der Waals surface area contributed by atoms with E-state index < -0.39 is 0 Å². The Morgan fingerprint density at radius 2 is 1.33 bits per heavy atom. The molecule has 0 aromatic rings. The van der Waals surface area contributed by atoms with Crippen LogP contribution in [0.5, 0.6) is 0 Å². The third-order valence-electron chi connectivity index (χ3n) is 4.07. The zero-order valence-electron chi connectivity index (χ0n) is 14.3. The van der Waals surface area contributed by atoms with Crippen LogP contribution in [0.4, 0.5) is 0 Å². The van der Waals surface area contributed by atoms with Crippen molar-refractivity contribution in [2.75, 3.05) is 11.5 Å². The molecule has 0 spiro atoms. The van der Waals surface area contributed by atoms with Gasteiger partial charge in [0.25, 0.3) is 0 Å². The predicted octanol–water partition coefficient (Wildman–Crippen LogP) is 6.83. The second kappa shape index (κ2) is 14.8. The standard InChI is InChI=1S/C20H36S/c1-2-18-21-19-14-12-10-8-6-4-3-5-7-9-11-13-15-20-16-17-20/h20H,2-12,14,16-19H2,1H3. The summed E-state index contributed by atoms with van der Waals surface area (Å²) in [6.07, 6.45) is 19.5. The van der Waals surface area contributed by atoms with Gasteiger partial charge in [-0.2, -0.15) is 11.8 Å². The molecule has 0 aromatic heterocycles. The van der Waals surface area contributed by atoms with Crippen molar-refractivity contribution < 1.29 is 0 Å². The van der Waals surface area contributed by atoms with E-state index in [1.54, 1.807) is 0 Å². The Kier molecular flexibility index (Phi) is 13.4. The SMILES string of the molecule is CCCSCCCCCCCCCCCCC#CC1CC1. The molecule has 0 bridgehead atoms. The summed E-state index contributed by atoms with van der Waals surface area (Å²) in [6, 6.07) is 0. The first-order chi connectivity index (χ1) is 10.4. The van der Waals surface area contributed by atoms with Gasteiger partial charge in [-0.3, -0.25) is 0 Å². The van der Waals surface area contributed by atoms with Crippen LogP contribution in [-0.2, 0) is 0 Å². The van der Waals surface area contributed by atoms with Crippen molar-refractivity contribution in [2.45, 2.75) is 96.8 Å². The molecule has 1 fully saturated rings. The fraction of sp³-hybridized carbons (Fsp3) is 0.900. The van der Waals surface area contributed by atoms with Crippen molar-refractivity contribution in [3.05, 3.63) is 0 Å². The lowest BCUT2D eigenvalue weighted by atomic mass is 10.1. The minimum atomic E-state index is 0.787. The zero-order valence-corrected chi connectivity index (χ0v) is 15.1. The van der Waals surface area contributed by atoms with Crippen molar-refractivity contribution >= 4 is 11.8 Å². The normalized spacial score (nSPS) is 14.0. The first-order valence-corrected chi connectivity index (χ1v) is 10.6. The average Bonchev–Trinajstić information content (AvgIpc) is 3.31. The second-order valence-electron chi connectivity index (χ2n) is 6.49. The molecule has 122 valence electrons. The van der Waals surface area contributed by atoms with Crippen molar-refractivity contribution in [3.8, 4) is 11.8 Å². The van der Waals surface area contributed by atoms with E-state index in [1.807, 2.05) is 0 Å². The van der Waals surface area contributed by atoms with Gasteiger partial charge < -0.3 is 0 Å². The molecule has 1 aliphatic carbocycles. The Labute approximate surface area is 138 Å². The topological polar surface area (TPSA) is 0 Å². The van der Waals surface area contributed by atoms with Crippen molar-refractivity contribution in [2.24, 2.45) is 5.92 Å². The maximum absolute atomic E-state index is 3.35. The summed E-state index contributed by atoms with van der Waals surface area (Å²) in [5.41, 5.74) is 0. The van der Waals surface area contributed by atoms with Gasteiger partial charge in [0, 0.05) is 12.3 Å². The monoisotopic (exact) mass is 308 g/mol. The Balaban J connectivity index is 1.64. The molecule has 0 heterocycles. The van der Waals surface area contributed by atoms with Gasteiger partial charge in [-0.1, -0.05) is 64.2 Å². The summed E-state index contributed by atoms with van der Waals surface area (Å²) in [6.45, 7) is 2.27. The minimum absolute atomic E-state index is 0.787. The molecule has 1 saturated carbocycles. The first-order valence-electron chi connectivity index (χ1n) is 9.49. The highest BCUT2D eigenvalue weighted by molar-refractivity contribution is 7.99. The highest BCUT2D eigenvalue weighted by Gasteiger charge is 2.17. The van der Waals surface area contributed by atoms with Crippen molar-refractivity contribution in [1.82, 2.24) is 0 Å². The van der Waals surface area contributed by atoms with Gasteiger partial charge in [-0.15, -0.1) is 5.92 Å². The smallest absolute Gasteiger partial charge is 0.0203 e. The van der Waals surface area contributed by atoms with Crippen LogP contribution >= 0.6 is 11.8 Å². The van der Waals surface area contributed by atoms with E-state index in [9.17, 15) is 0 Å². The third kappa shape index (κ3) is 14.6. The molecule has 1 heteroatoms. The van der Waals surface area contributed by atoms with Crippen molar-refractivity contribution in [1.29, 1.82) is 0 Å². The quantitative estimate of drug-likeness (QED) is 0.250. The lowest BCUT2D eigenvalue weighted by Crippen LogP contribution is -1.85. The molecule has 0 radical (unpaired) electrons. The Hall–Kier alpha value is -0.0900. The third-order valence-corrected chi connectivity index (χ3v) is 5.35. The van der Waals surface area contributed by atoms with E-state index in [0.717, 1.165) is 12.3 Å². The number of thioether (sulfide) groups is 1. The number of hydrogen-bond acceptors (Lipinski definition) is 1. The number of unbranched alkanes of at least 4 members (excludes halogenated alkanes) is 10. The van der Waals surface area contributed by atoms with Crippen LogP contribution in [0, 0.1) is 17.8 Å². The molecular weight excluding hydrogens is 272 g/mol. The zero-order chi connectivity index (χ0) is 15.0. The maximum Gasteiger partial charge on any atom is 0.0203 e. The number of hydrogen-bond donors (Lipinski definition) is 0. The molecule has 0 atom stereocenters.